The molecule has 0 bridgehead atoms. The zero-order valence-electron chi connectivity index (χ0n) is 19.1. The summed E-state index contributed by atoms with van der Waals surface area (Å²) in [6, 6.07) is 16.5. The lowest BCUT2D eigenvalue weighted by Crippen LogP contribution is -2.46. The van der Waals surface area contributed by atoms with Crippen molar-refractivity contribution in [2.45, 2.75) is 28.7 Å². The molecule has 1 atom stereocenters. The highest BCUT2D eigenvalue weighted by Crippen LogP contribution is 2.30. The Bertz CT molecular complexity index is 1550. The summed E-state index contributed by atoms with van der Waals surface area (Å²) >= 11 is 9.20. The molecule has 1 aliphatic rings. The molecule has 1 heterocycles. The first-order valence-electron chi connectivity index (χ1n) is 10.9. The number of sulfonamides is 2. The molecule has 0 spiro atoms. The van der Waals surface area contributed by atoms with Crippen molar-refractivity contribution in [3.63, 3.8) is 0 Å². The molecule has 3 aromatic carbocycles. The van der Waals surface area contributed by atoms with Crippen LogP contribution in [0.1, 0.15) is 12.0 Å². The van der Waals surface area contributed by atoms with E-state index in [1.807, 2.05) is 0 Å². The number of benzene rings is 3. The molecule has 2 amide bonds. The third-order valence-electron chi connectivity index (χ3n) is 5.85. The van der Waals surface area contributed by atoms with Gasteiger partial charge in [-0.05, 0) is 72.6 Å². The molecule has 2 N–H and O–H groups in total. The summed E-state index contributed by atoms with van der Waals surface area (Å²) in [6.07, 6.45) is -0.179. The van der Waals surface area contributed by atoms with E-state index in [0.717, 1.165) is 9.21 Å². The van der Waals surface area contributed by atoms with Crippen LogP contribution in [-0.2, 0) is 36.1 Å². The van der Waals surface area contributed by atoms with Gasteiger partial charge in [0.1, 0.15) is 6.04 Å². The van der Waals surface area contributed by atoms with Crippen LogP contribution in [-0.4, -0.2) is 45.5 Å². The van der Waals surface area contributed by atoms with E-state index in [4.69, 9.17) is 16.7 Å². The number of halogens is 2. The minimum absolute atomic E-state index is 0.0366. The Morgan fingerprint density at radius 2 is 1.46 bits per heavy atom. The van der Waals surface area contributed by atoms with Gasteiger partial charge in [-0.25, -0.2) is 26.9 Å². The SMILES string of the molecule is NS(=O)(=O)c1ccc(CCN(C2CC(=O)N(c3ccc(Cl)cc3)C2=O)S(=O)(=O)c2ccc(Br)cc2)cc1. The molecule has 1 saturated heterocycles. The molecule has 4 rings (SSSR count). The summed E-state index contributed by atoms with van der Waals surface area (Å²) in [5.74, 6) is -1.21. The Balaban J connectivity index is 1.67. The van der Waals surface area contributed by atoms with E-state index in [-0.39, 0.29) is 29.2 Å². The van der Waals surface area contributed by atoms with E-state index >= 15 is 0 Å². The number of nitrogens with zero attached hydrogens (tertiary/aromatic N) is 2. The zero-order valence-corrected chi connectivity index (χ0v) is 23.1. The molecule has 0 aromatic heterocycles. The lowest BCUT2D eigenvalue weighted by molar-refractivity contribution is -0.122. The van der Waals surface area contributed by atoms with Gasteiger partial charge < -0.3 is 0 Å². The summed E-state index contributed by atoms with van der Waals surface area (Å²) in [4.78, 5) is 27.1. The zero-order chi connectivity index (χ0) is 27.0. The van der Waals surface area contributed by atoms with Crippen LogP contribution in [0.25, 0.3) is 0 Å². The van der Waals surface area contributed by atoms with Crippen molar-refractivity contribution in [1.82, 2.24) is 4.31 Å². The van der Waals surface area contributed by atoms with Gasteiger partial charge in [0, 0.05) is 16.0 Å². The van der Waals surface area contributed by atoms with E-state index in [0.29, 0.717) is 20.7 Å². The summed E-state index contributed by atoms with van der Waals surface area (Å²) in [5, 5.41) is 5.56. The molecule has 0 saturated carbocycles. The third kappa shape index (κ3) is 5.95. The fraction of sp³-hybridized carbons (Fsp3) is 0.167. The van der Waals surface area contributed by atoms with Crippen LogP contribution in [0.5, 0.6) is 0 Å². The first-order chi connectivity index (χ1) is 17.4. The van der Waals surface area contributed by atoms with Crippen LogP contribution in [0, 0.1) is 0 Å². The average Bonchev–Trinajstić information content (AvgIpc) is 3.13. The van der Waals surface area contributed by atoms with Crippen molar-refractivity contribution in [2.24, 2.45) is 5.14 Å². The number of primary sulfonamides is 1. The topological polar surface area (TPSA) is 135 Å². The maximum absolute atomic E-state index is 13.7. The number of hydrogen-bond donors (Lipinski definition) is 1. The van der Waals surface area contributed by atoms with Gasteiger partial charge >= 0.3 is 0 Å². The number of anilines is 1. The second-order valence-electron chi connectivity index (χ2n) is 8.27. The van der Waals surface area contributed by atoms with Gasteiger partial charge in [-0.15, -0.1) is 0 Å². The molecule has 9 nitrogen and oxygen atoms in total. The Labute approximate surface area is 228 Å². The Morgan fingerprint density at radius 1 is 0.892 bits per heavy atom. The molecule has 13 heteroatoms. The molecule has 0 radical (unpaired) electrons. The van der Waals surface area contributed by atoms with Crippen LogP contribution in [0.2, 0.25) is 5.02 Å². The minimum Gasteiger partial charge on any atom is -0.274 e. The molecule has 0 aliphatic carbocycles. The predicted octanol–water partition coefficient (Wildman–Crippen LogP) is 3.32. The van der Waals surface area contributed by atoms with Crippen LogP contribution in [0.15, 0.2) is 87.1 Å². The molecular weight excluding hydrogens is 606 g/mol. The van der Waals surface area contributed by atoms with Crippen molar-refractivity contribution in [2.75, 3.05) is 11.4 Å². The maximum atomic E-state index is 13.7. The van der Waals surface area contributed by atoms with E-state index in [1.54, 1.807) is 12.1 Å². The van der Waals surface area contributed by atoms with Crippen LogP contribution < -0.4 is 10.0 Å². The standard InChI is InChI=1S/C24H21BrClN3O6S2/c25-17-3-11-21(12-4-17)37(34,35)28(14-13-16-1-9-20(10-2-16)36(27,32)33)22-15-23(30)29(24(22)31)19-7-5-18(26)6-8-19/h1-12,22H,13-15H2,(H2,27,32,33). The number of carbonyl (C=O) groups is 2. The van der Waals surface area contributed by atoms with Crippen LogP contribution in [0.3, 0.4) is 0 Å². The van der Waals surface area contributed by atoms with Crippen molar-refractivity contribution in [3.8, 4) is 0 Å². The fourth-order valence-electron chi connectivity index (χ4n) is 3.97. The van der Waals surface area contributed by atoms with Gasteiger partial charge in [0.05, 0.1) is 21.9 Å². The monoisotopic (exact) mass is 625 g/mol. The normalized spacial score (nSPS) is 16.5. The maximum Gasteiger partial charge on any atom is 0.252 e. The van der Waals surface area contributed by atoms with Crippen molar-refractivity contribution in [1.29, 1.82) is 0 Å². The highest BCUT2D eigenvalue weighted by atomic mass is 79.9. The summed E-state index contributed by atoms with van der Waals surface area (Å²) in [6.45, 7) is -0.134. The number of imide groups is 1. The number of amides is 2. The van der Waals surface area contributed by atoms with Crippen molar-refractivity contribution >= 4 is 65.1 Å². The second-order valence-corrected chi connectivity index (χ2v) is 13.1. The fourth-order valence-corrected chi connectivity index (χ4v) is 6.46. The highest BCUT2D eigenvalue weighted by molar-refractivity contribution is 9.10. The van der Waals surface area contributed by atoms with Gasteiger partial charge in [0.25, 0.3) is 5.91 Å². The molecular formula is C24H21BrClN3O6S2. The largest absolute Gasteiger partial charge is 0.274 e. The Kier molecular flexibility index (Phi) is 7.88. The van der Waals surface area contributed by atoms with Gasteiger partial charge in [-0.1, -0.05) is 39.7 Å². The van der Waals surface area contributed by atoms with E-state index in [1.165, 1.54) is 60.7 Å². The van der Waals surface area contributed by atoms with Gasteiger partial charge in [-0.2, -0.15) is 4.31 Å². The average molecular weight is 627 g/mol. The summed E-state index contributed by atoms with van der Waals surface area (Å²) in [7, 11) is -8.08. The molecule has 37 heavy (non-hydrogen) atoms. The summed E-state index contributed by atoms with van der Waals surface area (Å²) < 4.78 is 52.2. The number of nitrogens with two attached hydrogens (primary N) is 1. The van der Waals surface area contributed by atoms with E-state index < -0.39 is 37.9 Å². The number of hydrogen-bond acceptors (Lipinski definition) is 6. The smallest absolute Gasteiger partial charge is 0.252 e. The second kappa shape index (κ2) is 10.6. The third-order valence-corrected chi connectivity index (χ3v) is 9.48. The first-order valence-corrected chi connectivity index (χ1v) is 15.1. The molecule has 1 aliphatic heterocycles. The minimum atomic E-state index is -4.20. The lowest BCUT2D eigenvalue weighted by Gasteiger charge is -2.27. The molecule has 194 valence electrons. The molecule has 1 unspecified atom stereocenters. The Hall–Kier alpha value is -2.61. The van der Waals surface area contributed by atoms with Crippen LogP contribution in [0.4, 0.5) is 5.69 Å². The first kappa shape index (κ1) is 27.4. The highest BCUT2D eigenvalue weighted by Gasteiger charge is 2.46. The van der Waals surface area contributed by atoms with E-state index in [2.05, 4.69) is 15.9 Å². The lowest BCUT2D eigenvalue weighted by atomic mass is 10.1. The van der Waals surface area contributed by atoms with Crippen molar-refractivity contribution < 1.29 is 26.4 Å². The van der Waals surface area contributed by atoms with Gasteiger partial charge in [0.2, 0.25) is 26.0 Å². The van der Waals surface area contributed by atoms with Gasteiger partial charge in [-0.3, -0.25) is 9.59 Å². The van der Waals surface area contributed by atoms with E-state index in [9.17, 15) is 26.4 Å². The van der Waals surface area contributed by atoms with Crippen LogP contribution >= 0.6 is 27.5 Å². The quantitative estimate of drug-likeness (QED) is 0.381. The number of carbonyl (C=O) groups excluding carboxylic acids is 2. The predicted molar refractivity (Wildman–Crippen MR) is 142 cm³/mol. The Morgan fingerprint density at radius 3 is 2.03 bits per heavy atom. The van der Waals surface area contributed by atoms with Gasteiger partial charge in [0.15, 0.2) is 0 Å². The number of rotatable bonds is 8. The summed E-state index contributed by atoms with van der Waals surface area (Å²) in [5.41, 5.74) is 0.913. The molecule has 3 aromatic rings. The van der Waals surface area contributed by atoms with Crippen molar-refractivity contribution in [3.05, 3.63) is 87.9 Å². The molecule has 1 fully saturated rings.